The van der Waals surface area contributed by atoms with Crippen molar-refractivity contribution in [3.63, 3.8) is 0 Å². The van der Waals surface area contributed by atoms with Crippen LogP contribution in [0.2, 0.25) is 0 Å². The molecule has 0 saturated heterocycles. The van der Waals surface area contributed by atoms with E-state index < -0.39 is 6.04 Å². The van der Waals surface area contributed by atoms with Gasteiger partial charge in [-0.05, 0) is 18.1 Å². The van der Waals surface area contributed by atoms with E-state index in [9.17, 15) is 0 Å². The van der Waals surface area contributed by atoms with Crippen molar-refractivity contribution in [2.24, 2.45) is 0 Å². The predicted molar refractivity (Wildman–Crippen MR) is 273 cm³/mol. The predicted octanol–water partition coefficient (Wildman–Crippen LogP) is 16.0. The summed E-state index contributed by atoms with van der Waals surface area (Å²) >= 11 is 2.48. The Labute approximate surface area is 409 Å². The molecule has 0 fully saturated rings. The number of imidazole rings is 1. The van der Waals surface area contributed by atoms with Gasteiger partial charge >= 0.3 is 332 Å². The van der Waals surface area contributed by atoms with Crippen LogP contribution in [-0.2, 0) is 19.4 Å². The molecule has 4 aromatic heterocycles. The molecule has 13 aromatic rings. The van der Waals surface area contributed by atoms with Gasteiger partial charge in [0, 0.05) is 11.8 Å². The van der Waals surface area contributed by atoms with Gasteiger partial charge in [0.05, 0.1) is 6.85 Å². The maximum absolute atomic E-state index is 8.65. The molecule has 0 atom stereocenters. The van der Waals surface area contributed by atoms with Gasteiger partial charge in [-0.2, -0.15) is 0 Å². The zero-order valence-electron chi connectivity index (χ0n) is 41.4. The van der Waals surface area contributed by atoms with Crippen LogP contribution in [0.4, 0.5) is 0 Å². The Bertz CT molecular complexity index is 4440. The molecule has 0 aliphatic carbocycles. The zero-order valence-corrected chi connectivity index (χ0v) is 38.7. The summed E-state index contributed by atoms with van der Waals surface area (Å²) in [4.78, 5) is 4.90. The Hall–Kier alpha value is -8.31. The van der Waals surface area contributed by atoms with Crippen LogP contribution in [0.3, 0.4) is 0 Å². The molecule has 0 bridgehead atoms. The summed E-state index contributed by atoms with van der Waals surface area (Å²) in [6, 6.07) is 62.7. The third kappa shape index (κ3) is 6.51. The number of para-hydroxylation sites is 4. The molecule has 0 saturated carbocycles. The first-order valence-electron chi connectivity index (χ1n) is 24.8. The van der Waals surface area contributed by atoms with E-state index in [-0.39, 0.29) is 29.7 Å². The topological polar surface area (TPSA) is 49.5 Å². The SMILES string of the molecule is [2H]c1c([2H])c([2H])c(-c2cnc(-n3c4ccccc4c4ccc(Oc5ccc6oc7ccccc7c7cccc8c7n([c](=[Pt])n8-c7c(-c8ccccc8)cccc7-c7ccccc7)c6c5)cc43)cc2C)c([2H])c1[2H]. The van der Waals surface area contributed by atoms with Crippen molar-refractivity contribution in [3.8, 4) is 56.4 Å². The fraction of sp³-hybridized carbons (Fsp3) is 0.0164. The van der Waals surface area contributed by atoms with Crippen LogP contribution in [0.1, 0.15) is 12.4 Å². The molecule has 0 aliphatic rings. The van der Waals surface area contributed by atoms with E-state index in [0.29, 0.717) is 34.0 Å². The summed E-state index contributed by atoms with van der Waals surface area (Å²) in [7, 11) is 0. The quantitative estimate of drug-likeness (QED) is 0.160. The molecule has 0 aliphatic heterocycles. The second kappa shape index (κ2) is 16.2. The first-order chi connectivity index (χ1) is 35.6. The van der Waals surface area contributed by atoms with Crippen LogP contribution in [-0.4, -0.2) is 18.5 Å². The molecular weight excluding hydrogens is 1020 g/mol. The van der Waals surface area contributed by atoms with Crippen LogP contribution in [0.5, 0.6) is 11.5 Å². The van der Waals surface area contributed by atoms with Crippen molar-refractivity contribution in [2.75, 3.05) is 0 Å². The monoisotopic (exact) mass is 1060 g/mol. The molecule has 326 valence electrons. The van der Waals surface area contributed by atoms with E-state index in [1.54, 1.807) is 6.20 Å². The zero-order chi connectivity index (χ0) is 49.6. The van der Waals surface area contributed by atoms with E-state index in [1.807, 2.05) is 67.6 Å². The number of ether oxygens (including phenoxy) is 1. The number of pyridine rings is 1. The molecular formula is C61H40N4O2Pt. The molecule has 0 unspecified atom stereocenters. The van der Waals surface area contributed by atoms with Crippen LogP contribution >= 0.6 is 0 Å². The number of hydrogen-bond donors (Lipinski definition) is 0. The number of aryl methyl sites for hydroxylation is 1. The first kappa shape index (κ1) is 35.0. The van der Waals surface area contributed by atoms with E-state index in [4.69, 9.17) is 21.0 Å². The van der Waals surface area contributed by atoms with E-state index >= 15 is 0 Å². The van der Waals surface area contributed by atoms with Gasteiger partial charge in [0.25, 0.3) is 0 Å². The molecule has 0 amide bonds. The average molecular weight is 1060 g/mol. The molecule has 68 heavy (non-hydrogen) atoms. The van der Waals surface area contributed by atoms with Gasteiger partial charge in [-0.25, -0.2) is 0 Å². The molecule has 6 nitrogen and oxygen atoms in total. The van der Waals surface area contributed by atoms with Crippen LogP contribution in [0.25, 0.3) is 105 Å². The fourth-order valence-corrected chi connectivity index (χ4v) is 10.8. The average Bonchev–Trinajstić information content (AvgIpc) is 3.91. The van der Waals surface area contributed by atoms with Gasteiger partial charge in [0.1, 0.15) is 0 Å². The summed E-state index contributed by atoms with van der Waals surface area (Å²) in [6.07, 6.45) is 1.60. The summed E-state index contributed by atoms with van der Waals surface area (Å²) < 4.78 is 63.5. The number of rotatable bonds is 7. The minimum absolute atomic E-state index is 0.119. The van der Waals surface area contributed by atoms with Crippen molar-refractivity contribution < 1.29 is 35.4 Å². The Kier molecular flexibility index (Phi) is 8.35. The second-order valence-corrected chi connectivity index (χ2v) is 17.8. The Morgan fingerprint density at radius 1 is 0.500 bits per heavy atom. The Balaban J connectivity index is 1.01. The van der Waals surface area contributed by atoms with E-state index in [0.717, 1.165) is 86.5 Å². The van der Waals surface area contributed by atoms with Crippen molar-refractivity contribution >= 4 is 60.3 Å². The number of benzene rings is 9. The second-order valence-electron chi connectivity index (χ2n) is 16.7. The summed E-state index contributed by atoms with van der Waals surface area (Å²) in [5, 5.41) is 4.04. The summed E-state index contributed by atoms with van der Waals surface area (Å²) in [6.45, 7) is 1.87. The van der Waals surface area contributed by atoms with Gasteiger partial charge in [0.2, 0.25) is 0 Å². The van der Waals surface area contributed by atoms with Crippen molar-refractivity contribution in [1.82, 2.24) is 18.5 Å². The van der Waals surface area contributed by atoms with Crippen LogP contribution < -0.4 is 4.74 Å². The van der Waals surface area contributed by atoms with Gasteiger partial charge < -0.3 is 0 Å². The number of nitrogens with zero attached hydrogens (tertiary/aromatic N) is 4. The molecule has 0 radical (unpaired) electrons. The minimum atomic E-state index is -0.432. The van der Waals surface area contributed by atoms with Crippen molar-refractivity contribution in [1.29, 1.82) is 0 Å². The molecule has 0 N–H and O–H groups in total. The third-order valence-corrected chi connectivity index (χ3v) is 13.8. The fourth-order valence-electron chi connectivity index (χ4n) is 9.77. The van der Waals surface area contributed by atoms with Crippen molar-refractivity contribution in [3.05, 3.63) is 234 Å². The van der Waals surface area contributed by atoms with Gasteiger partial charge in [-0.1, -0.05) is 42.3 Å². The van der Waals surface area contributed by atoms with Gasteiger partial charge in [-0.3, -0.25) is 0 Å². The maximum atomic E-state index is 8.65. The number of hydrogen-bond acceptors (Lipinski definition) is 3. The minimum Gasteiger partial charge on any atom is -0.0616 e. The molecule has 7 heteroatoms. The van der Waals surface area contributed by atoms with Crippen molar-refractivity contribution in [2.45, 2.75) is 6.92 Å². The Morgan fingerprint density at radius 3 is 1.87 bits per heavy atom. The van der Waals surface area contributed by atoms with E-state index in [1.165, 1.54) is 0 Å². The molecule has 0 spiro atoms. The summed E-state index contributed by atoms with van der Waals surface area (Å²) in [5.41, 5.74) is 12.8. The molecule has 4 heterocycles. The van der Waals surface area contributed by atoms with Crippen LogP contribution in [0, 0.1) is 10.7 Å². The van der Waals surface area contributed by atoms with Crippen LogP contribution in [0.15, 0.2) is 229 Å². The third-order valence-electron chi connectivity index (χ3n) is 12.8. The standard InChI is InChI=1S/C61H40N4O2.Pt/c1-40-35-59(62-38-52(40)43-21-9-4-10-22-43)65-53-28-13-11-23-48(53)49-33-31-44(36-55(49)65)66-45-32-34-58-56(37-45)64-39-63(54-29-16-27-51(61(54)64)50-24-12-14-30-57(50)67-58)60-46(41-17-5-2-6-18-41)25-15-26-47(60)42-19-7-3-8-20-42;/h2-38H,1H3;/i4D,9D,10D,21D,22D;. The smallest absolute Gasteiger partial charge is 0.0616 e. The first-order valence-corrected chi connectivity index (χ1v) is 23.4. The molecule has 9 aromatic carbocycles. The molecule has 13 rings (SSSR count). The summed E-state index contributed by atoms with van der Waals surface area (Å²) in [5.74, 6) is 1.82. The normalized spacial score (nSPS) is 12.7. The Morgan fingerprint density at radius 2 is 1.12 bits per heavy atom. The number of aromatic nitrogens is 4. The van der Waals surface area contributed by atoms with Gasteiger partial charge in [0.15, 0.2) is 0 Å². The van der Waals surface area contributed by atoms with Gasteiger partial charge in [-0.15, -0.1) is 0 Å². The van der Waals surface area contributed by atoms with E-state index in [2.05, 4.69) is 160 Å². The number of fused-ring (bicyclic) bond motifs is 7.